The van der Waals surface area contributed by atoms with Gasteiger partial charge in [0.1, 0.15) is 24.0 Å². The summed E-state index contributed by atoms with van der Waals surface area (Å²) in [7, 11) is -0.589. The highest BCUT2D eigenvalue weighted by Gasteiger charge is 2.40. The van der Waals surface area contributed by atoms with Crippen LogP contribution in [0.3, 0.4) is 0 Å². The standard InChI is InChI=1S/C34H58N2O7Si/c1-8-9-10-12-18-26(19-13-11-14-23-30(31(35)37)43-44(6,7)34(2,3)4)42-33(39)28-21-17-24-36(28)32(38)27-20-15-16-22-29(27)41-25-40-5/h15-16,20,22,26,28,30H,8-14,17-19,21,23-25H2,1-7H3,(H2,35,37)/t26-,28+,30-/m1/s1. The number of methoxy groups -OCH3 is 1. The van der Waals surface area contributed by atoms with E-state index in [0.29, 0.717) is 30.7 Å². The number of ether oxygens (including phenoxy) is 3. The third-order valence-electron chi connectivity index (χ3n) is 8.95. The Hall–Kier alpha value is -2.43. The van der Waals surface area contributed by atoms with Gasteiger partial charge in [-0.3, -0.25) is 9.59 Å². The first kappa shape index (κ1) is 37.8. The lowest BCUT2D eigenvalue weighted by Crippen LogP contribution is -2.47. The second kappa shape index (κ2) is 18.5. The van der Waals surface area contributed by atoms with Gasteiger partial charge in [-0.2, -0.15) is 0 Å². The van der Waals surface area contributed by atoms with E-state index in [0.717, 1.165) is 64.2 Å². The molecule has 1 saturated heterocycles. The van der Waals surface area contributed by atoms with Crippen molar-refractivity contribution in [2.45, 2.75) is 141 Å². The number of nitrogens with two attached hydrogens (primary N) is 1. The highest BCUT2D eigenvalue weighted by molar-refractivity contribution is 6.74. The van der Waals surface area contributed by atoms with E-state index in [1.807, 2.05) is 0 Å². The highest BCUT2D eigenvalue weighted by Crippen LogP contribution is 2.38. The predicted octanol–water partition coefficient (Wildman–Crippen LogP) is 6.98. The number of carbonyl (C=O) groups is 3. The molecular formula is C34H58N2O7Si. The Kier molecular flexibility index (Phi) is 15.9. The first-order valence-corrected chi connectivity index (χ1v) is 19.4. The van der Waals surface area contributed by atoms with Gasteiger partial charge in [-0.15, -0.1) is 0 Å². The monoisotopic (exact) mass is 634 g/mol. The van der Waals surface area contributed by atoms with Gasteiger partial charge in [-0.1, -0.05) is 71.9 Å². The number of para-hydroxylation sites is 1. The molecule has 2 N–H and O–H groups in total. The summed E-state index contributed by atoms with van der Waals surface area (Å²) in [6.45, 7) is 13.4. The normalized spacial score (nSPS) is 16.9. The fraction of sp³-hybridized carbons (Fsp3) is 0.735. The van der Waals surface area contributed by atoms with Crippen molar-refractivity contribution in [1.29, 1.82) is 0 Å². The van der Waals surface area contributed by atoms with Gasteiger partial charge in [0.2, 0.25) is 5.91 Å². The number of primary amides is 1. The number of amides is 2. The summed E-state index contributed by atoms with van der Waals surface area (Å²) in [6.07, 6.45) is 9.64. The number of nitrogens with zero attached hydrogens (tertiary/aromatic N) is 1. The maximum Gasteiger partial charge on any atom is 0.329 e. The summed E-state index contributed by atoms with van der Waals surface area (Å²) < 4.78 is 23.0. The van der Waals surface area contributed by atoms with Crippen LogP contribution in [0.25, 0.3) is 0 Å². The summed E-state index contributed by atoms with van der Waals surface area (Å²) in [5.74, 6) is -0.538. The summed E-state index contributed by atoms with van der Waals surface area (Å²) in [4.78, 5) is 40.8. The van der Waals surface area contributed by atoms with Gasteiger partial charge in [0.05, 0.1) is 5.56 Å². The number of rotatable bonds is 20. The van der Waals surface area contributed by atoms with E-state index in [2.05, 4.69) is 40.8 Å². The average molecular weight is 635 g/mol. The van der Waals surface area contributed by atoms with Crippen molar-refractivity contribution in [3.63, 3.8) is 0 Å². The SMILES string of the molecule is CCCCCC[C@H](CCCCC[C@@H](O[Si](C)(C)C(C)(C)C)C(N)=O)OC(=O)[C@@H]1CCCN1C(=O)c1ccccc1OCOC. The number of likely N-dealkylation sites (tertiary alicyclic amines) is 1. The molecule has 1 fully saturated rings. The molecule has 0 aliphatic carbocycles. The molecule has 44 heavy (non-hydrogen) atoms. The van der Waals surface area contributed by atoms with Crippen LogP contribution in [0, 0.1) is 0 Å². The van der Waals surface area contributed by atoms with Crippen LogP contribution >= 0.6 is 0 Å². The van der Waals surface area contributed by atoms with Crippen molar-refractivity contribution in [2.75, 3.05) is 20.4 Å². The van der Waals surface area contributed by atoms with Crippen LogP contribution < -0.4 is 10.5 Å². The fourth-order valence-corrected chi connectivity index (χ4v) is 6.57. The van der Waals surface area contributed by atoms with Crippen LogP contribution in [-0.2, 0) is 23.5 Å². The molecule has 1 aromatic rings. The highest BCUT2D eigenvalue weighted by atomic mass is 28.4. The summed E-state index contributed by atoms with van der Waals surface area (Å²) in [5, 5.41) is -0.00371. The van der Waals surface area contributed by atoms with Crippen molar-refractivity contribution in [2.24, 2.45) is 5.73 Å². The largest absolute Gasteiger partial charge is 0.467 e. The van der Waals surface area contributed by atoms with Gasteiger partial charge >= 0.3 is 5.97 Å². The molecule has 9 nitrogen and oxygen atoms in total. The minimum atomic E-state index is -2.11. The van der Waals surface area contributed by atoms with Crippen molar-refractivity contribution in [3.8, 4) is 5.75 Å². The fourth-order valence-electron chi connectivity index (χ4n) is 5.28. The minimum absolute atomic E-state index is 0.00371. The Morgan fingerprint density at radius 2 is 1.64 bits per heavy atom. The molecule has 0 spiro atoms. The maximum atomic E-state index is 13.5. The number of unbranched alkanes of at least 4 members (excludes halogenated alkanes) is 5. The number of carbonyl (C=O) groups excluding carboxylic acids is 3. The summed E-state index contributed by atoms with van der Waals surface area (Å²) in [6, 6.07) is 6.42. The third kappa shape index (κ3) is 11.8. The summed E-state index contributed by atoms with van der Waals surface area (Å²) >= 11 is 0. The van der Waals surface area contributed by atoms with Gasteiger partial charge in [0.15, 0.2) is 15.1 Å². The Balaban J connectivity index is 1.98. The lowest BCUT2D eigenvalue weighted by molar-refractivity contribution is -0.154. The van der Waals surface area contributed by atoms with Crippen LogP contribution in [0.1, 0.15) is 115 Å². The lowest BCUT2D eigenvalue weighted by atomic mass is 10.0. The van der Waals surface area contributed by atoms with Crippen molar-refractivity contribution < 1.29 is 33.0 Å². The van der Waals surface area contributed by atoms with E-state index in [1.54, 1.807) is 29.2 Å². The second-order valence-corrected chi connectivity index (χ2v) is 18.3. The Morgan fingerprint density at radius 1 is 1.00 bits per heavy atom. The third-order valence-corrected chi connectivity index (χ3v) is 13.4. The molecule has 3 atom stereocenters. The molecular weight excluding hydrogens is 576 g/mol. The quantitative estimate of drug-likeness (QED) is 0.0711. The molecule has 10 heteroatoms. The molecule has 1 aromatic carbocycles. The van der Waals surface area contributed by atoms with E-state index in [4.69, 9.17) is 24.4 Å². The van der Waals surface area contributed by atoms with Crippen LogP contribution in [0.15, 0.2) is 24.3 Å². The van der Waals surface area contributed by atoms with E-state index >= 15 is 0 Å². The van der Waals surface area contributed by atoms with Crippen LogP contribution in [-0.4, -0.2) is 69.7 Å². The molecule has 0 radical (unpaired) electrons. The van der Waals surface area contributed by atoms with Gasteiger partial charge in [0, 0.05) is 13.7 Å². The lowest BCUT2D eigenvalue weighted by Gasteiger charge is -2.38. The molecule has 250 valence electrons. The van der Waals surface area contributed by atoms with Gasteiger partial charge < -0.3 is 29.3 Å². The Labute approximate surface area is 266 Å². The van der Waals surface area contributed by atoms with Gasteiger partial charge in [-0.05, 0) is 75.2 Å². The zero-order valence-corrected chi connectivity index (χ0v) is 29.3. The zero-order chi connectivity index (χ0) is 32.8. The molecule has 0 saturated carbocycles. The minimum Gasteiger partial charge on any atom is -0.467 e. The van der Waals surface area contributed by atoms with Crippen LogP contribution in [0.2, 0.25) is 18.1 Å². The predicted molar refractivity (Wildman–Crippen MR) is 176 cm³/mol. The smallest absolute Gasteiger partial charge is 0.329 e. The topological polar surface area (TPSA) is 117 Å². The van der Waals surface area contributed by atoms with Crippen molar-refractivity contribution >= 4 is 26.1 Å². The van der Waals surface area contributed by atoms with Crippen LogP contribution in [0.5, 0.6) is 5.75 Å². The molecule has 0 aromatic heterocycles. The van der Waals surface area contributed by atoms with Crippen LogP contribution in [0.4, 0.5) is 0 Å². The number of benzene rings is 1. The second-order valence-electron chi connectivity index (χ2n) is 13.5. The molecule has 0 bridgehead atoms. The molecule has 2 amide bonds. The van der Waals surface area contributed by atoms with Crippen molar-refractivity contribution in [1.82, 2.24) is 4.90 Å². The Bertz CT molecular complexity index is 1040. The molecule has 2 rings (SSSR count). The molecule has 1 aliphatic rings. The van der Waals surface area contributed by atoms with E-state index in [9.17, 15) is 14.4 Å². The average Bonchev–Trinajstić information content (AvgIpc) is 3.46. The molecule has 0 unspecified atom stereocenters. The van der Waals surface area contributed by atoms with Gasteiger partial charge in [0.25, 0.3) is 5.91 Å². The van der Waals surface area contributed by atoms with E-state index in [-0.39, 0.29) is 29.8 Å². The molecule has 1 heterocycles. The first-order valence-electron chi connectivity index (χ1n) is 16.5. The zero-order valence-electron chi connectivity index (χ0n) is 28.3. The Morgan fingerprint density at radius 3 is 2.25 bits per heavy atom. The summed E-state index contributed by atoms with van der Waals surface area (Å²) in [5.41, 5.74) is 6.11. The van der Waals surface area contributed by atoms with E-state index in [1.165, 1.54) is 7.11 Å². The van der Waals surface area contributed by atoms with E-state index < -0.39 is 26.4 Å². The van der Waals surface area contributed by atoms with Crippen molar-refractivity contribution in [3.05, 3.63) is 29.8 Å². The maximum absolute atomic E-state index is 13.5. The number of hydrogen-bond acceptors (Lipinski definition) is 7. The molecule has 1 aliphatic heterocycles. The number of hydrogen-bond donors (Lipinski definition) is 1. The first-order chi connectivity index (χ1) is 20.8. The van der Waals surface area contributed by atoms with Gasteiger partial charge in [-0.25, -0.2) is 4.79 Å². The number of esters is 1.